The Kier molecular flexibility index (Phi) is 11.0. The number of piperazine rings is 1. The molecule has 0 atom stereocenters. The van der Waals surface area contributed by atoms with Gasteiger partial charge in [-0.05, 0) is 18.9 Å². The van der Waals surface area contributed by atoms with Gasteiger partial charge in [-0.1, -0.05) is 13.8 Å². The summed E-state index contributed by atoms with van der Waals surface area (Å²) < 4.78 is 0. The molecule has 2 N–H and O–H groups in total. The van der Waals surface area contributed by atoms with Gasteiger partial charge in [0, 0.05) is 64.6 Å². The fourth-order valence-electron chi connectivity index (χ4n) is 2.67. The summed E-state index contributed by atoms with van der Waals surface area (Å²) in [6, 6.07) is 1.81. The van der Waals surface area contributed by atoms with E-state index in [1.165, 1.54) is 0 Å². The maximum absolute atomic E-state index is 12.4. The number of carbonyl (C=O) groups is 1. The van der Waals surface area contributed by atoms with Crippen molar-refractivity contribution in [2.24, 2.45) is 10.9 Å². The summed E-state index contributed by atoms with van der Waals surface area (Å²) in [6.45, 7) is 11.4. The predicted octanol–water partition coefficient (Wildman–Crippen LogP) is 1.34. The molecule has 0 unspecified atom stereocenters. The monoisotopic (exact) mass is 489 g/mol. The number of aromatic nitrogens is 2. The first kappa shape index (κ1) is 23.4. The highest BCUT2D eigenvalue weighted by Gasteiger charge is 2.22. The van der Waals surface area contributed by atoms with Crippen LogP contribution in [0.15, 0.2) is 23.5 Å². The van der Waals surface area contributed by atoms with Crippen LogP contribution in [-0.4, -0.2) is 72.5 Å². The molecule has 27 heavy (non-hydrogen) atoms. The summed E-state index contributed by atoms with van der Waals surface area (Å²) in [7, 11) is 0. The molecule has 9 heteroatoms. The molecule has 0 saturated carbocycles. The molecule has 0 spiro atoms. The molecule has 1 aromatic rings. The smallest absolute Gasteiger partial charge is 0.225 e. The van der Waals surface area contributed by atoms with Crippen molar-refractivity contribution < 1.29 is 4.79 Å². The Bertz CT molecular complexity index is 574. The van der Waals surface area contributed by atoms with Gasteiger partial charge in [0.2, 0.25) is 11.9 Å². The molecule has 2 rings (SSSR count). The first-order valence-corrected chi connectivity index (χ1v) is 9.42. The van der Waals surface area contributed by atoms with Crippen molar-refractivity contribution in [2.75, 3.05) is 50.7 Å². The minimum absolute atomic E-state index is 0. The highest BCUT2D eigenvalue weighted by Crippen LogP contribution is 2.10. The number of hydrogen-bond acceptors (Lipinski definition) is 5. The van der Waals surface area contributed by atoms with E-state index in [1.807, 2.05) is 17.9 Å². The van der Waals surface area contributed by atoms with Crippen LogP contribution in [0, 0.1) is 5.92 Å². The number of aliphatic imine (C=N–C) groups is 1. The molecule has 0 bridgehead atoms. The molecule has 2 heterocycles. The SMILES string of the molecule is CCNC(=NCC(C)C)NCCC(=O)N1CCN(c2ncccn2)CC1.I. The largest absolute Gasteiger partial charge is 0.357 e. The van der Waals surface area contributed by atoms with Crippen LogP contribution in [-0.2, 0) is 4.79 Å². The van der Waals surface area contributed by atoms with Crippen molar-refractivity contribution in [1.29, 1.82) is 0 Å². The lowest BCUT2D eigenvalue weighted by Crippen LogP contribution is -2.50. The third kappa shape index (κ3) is 8.27. The molecule has 1 amide bonds. The van der Waals surface area contributed by atoms with Crippen LogP contribution < -0.4 is 15.5 Å². The zero-order chi connectivity index (χ0) is 18.8. The van der Waals surface area contributed by atoms with E-state index in [4.69, 9.17) is 0 Å². The van der Waals surface area contributed by atoms with Gasteiger partial charge in [0.1, 0.15) is 0 Å². The molecule has 8 nitrogen and oxygen atoms in total. The van der Waals surface area contributed by atoms with E-state index in [1.54, 1.807) is 12.4 Å². The topological polar surface area (TPSA) is 85.8 Å². The Hall–Kier alpha value is -1.65. The highest BCUT2D eigenvalue weighted by atomic mass is 127. The van der Waals surface area contributed by atoms with Crippen molar-refractivity contribution >= 4 is 41.8 Å². The summed E-state index contributed by atoms with van der Waals surface area (Å²) in [5.41, 5.74) is 0. The Morgan fingerprint density at radius 3 is 2.44 bits per heavy atom. The van der Waals surface area contributed by atoms with Gasteiger partial charge in [-0.3, -0.25) is 9.79 Å². The van der Waals surface area contributed by atoms with Crippen molar-refractivity contribution in [3.8, 4) is 0 Å². The van der Waals surface area contributed by atoms with Gasteiger partial charge in [-0.25, -0.2) is 9.97 Å². The number of guanidine groups is 1. The van der Waals surface area contributed by atoms with Gasteiger partial charge in [-0.15, -0.1) is 24.0 Å². The zero-order valence-electron chi connectivity index (χ0n) is 16.5. The van der Waals surface area contributed by atoms with Crippen molar-refractivity contribution in [3.05, 3.63) is 18.5 Å². The quantitative estimate of drug-likeness (QED) is 0.342. The third-order valence-corrected chi connectivity index (χ3v) is 4.06. The number of nitrogens with one attached hydrogen (secondary N) is 2. The lowest BCUT2D eigenvalue weighted by molar-refractivity contribution is -0.131. The standard InChI is InChI=1S/C18H31N7O.HI/c1-4-19-17(23-14-15(2)3)20-9-6-16(26)24-10-12-25(13-11-24)18-21-7-5-8-22-18;/h5,7-8,15H,4,6,9-14H2,1-3H3,(H2,19,20,23);1H. The van der Waals surface area contributed by atoms with Crippen molar-refractivity contribution in [2.45, 2.75) is 27.2 Å². The van der Waals surface area contributed by atoms with Gasteiger partial charge < -0.3 is 20.4 Å². The summed E-state index contributed by atoms with van der Waals surface area (Å²) in [6.07, 6.45) is 3.95. The number of carbonyl (C=O) groups excluding carboxylic acids is 1. The maximum atomic E-state index is 12.4. The molecular formula is C18H32IN7O. The number of rotatable bonds is 7. The first-order chi connectivity index (χ1) is 12.6. The van der Waals surface area contributed by atoms with E-state index in [9.17, 15) is 4.79 Å². The molecular weight excluding hydrogens is 457 g/mol. The van der Waals surface area contributed by atoms with Crippen LogP contribution in [0.3, 0.4) is 0 Å². The highest BCUT2D eigenvalue weighted by molar-refractivity contribution is 14.0. The molecule has 0 aliphatic carbocycles. The zero-order valence-corrected chi connectivity index (χ0v) is 18.8. The van der Waals surface area contributed by atoms with Gasteiger partial charge in [-0.2, -0.15) is 0 Å². The first-order valence-electron chi connectivity index (χ1n) is 9.42. The van der Waals surface area contributed by atoms with Crippen LogP contribution >= 0.6 is 24.0 Å². The molecule has 152 valence electrons. The van der Waals surface area contributed by atoms with Crippen molar-refractivity contribution in [1.82, 2.24) is 25.5 Å². The second-order valence-corrected chi connectivity index (χ2v) is 6.71. The summed E-state index contributed by atoms with van der Waals surface area (Å²) >= 11 is 0. The second kappa shape index (κ2) is 12.7. The van der Waals surface area contributed by atoms with E-state index in [-0.39, 0.29) is 29.9 Å². The van der Waals surface area contributed by atoms with Crippen LogP contribution in [0.5, 0.6) is 0 Å². The molecule has 1 aromatic heterocycles. The Morgan fingerprint density at radius 2 is 1.85 bits per heavy atom. The van der Waals surface area contributed by atoms with Crippen LogP contribution in [0.1, 0.15) is 27.2 Å². The lowest BCUT2D eigenvalue weighted by atomic mass is 10.2. The van der Waals surface area contributed by atoms with E-state index < -0.39 is 0 Å². The lowest BCUT2D eigenvalue weighted by Gasteiger charge is -2.34. The molecule has 0 radical (unpaired) electrons. The number of amides is 1. The maximum Gasteiger partial charge on any atom is 0.225 e. The Balaban J connectivity index is 0.00000364. The van der Waals surface area contributed by atoms with Gasteiger partial charge in [0.15, 0.2) is 5.96 Å². The summed E-state index contributed by atoms with van der Waals surface area (Å²) in [5, 5.41) is 6.45. The second-order valence-electron chi connectivity index (χ2n) is 6.71. The van der Waals surface area contributed by atoms with E-state index in [2.05, 4.69) is 44.3 Å². The number of nitrogens with zero attached hydrogens (tertiary/aromatic N) is 5. The number of anilines is 1. The molecule has 1 aliphatic heterocycles. The Morgan fingerprint density at radius 1 is 1.19 bits per heavy atom. The van der Waals surface area contributed by atoms with E-state index >= 15 is 0 Å². The minimum atomic E-state index is 0. The van der Waals surface area contributed by atoms with Crippen LogP contribution in [0.4, 0.5) is 5.95 Å². The van der Waals surface area contributed by atoms with Crippen LogP contribution in [0.25, 0.3) is 0 Å². The van der Waals surface area contributed by atoms with Gasteiger partial charge in [0.05, 0.1) is 0 Å². The minimum Gasteiger partial charge on any atom is -0.357 e. The fraction of sp³-hybridized carbons (Fsp3) is 0.667. The van der Waals surface area contributed by atoms with Crippen LogP contribution in [0.2, 0.25) is 0 Å². The van der Waals surface area contributed by atoms with Crippen molar-refractivity contribution in [3.63, 3.8) is 0 Å². The number of hydrogen-bond donors (Lipinski definition) is 2. The number of halogens is 1. The van der Waals surface area contributed by atoms with Gasteiger partial charge >= 0.3 is 0 Å². The molecule has 1 saturated heterocycles. The molecule has 1 fully saturated rings. The molecule has 0 aromatic carbocycles. The van der Waals surface area contributed by atoms with E-state index in [0.29, 0.717) is 32.0 Å². The average Bonchev–Trinajstić information content (AvgIpc) is 2.66. The predicted molar refractivity (Wildman–Crippen MR) is 120 cm³/mol. The fourth-order valence-corrected chi connectivity index (χ4v) is 2.67. The summed E-state index contributed by atoms with van der Waals surface area (Å²) in [5.74, 6) is 2.20. The average molecular weight is 489 g/mol. The normalized spacial score (nSPS) is 14.7. The molecule has 1 aliphatic rings. The van der Waals surface area contributed by atoms with E-state index in [0.717, 1.165) is 38.1 Å². The third-order valence-electron chi connectivity index (χ3n) is 4.06. The van der Waals surface area contributed by atoms with Gasteiger partial charge in [0.25, 0.3) is 0 Å². The Labute approximate surface area is 179 Å². The summed E-state index contributed by atoms with van der Waals surface area (Å²) in [4.78, 5) is 29.5.